The quantitative estimate of drug-likeness (QED) is 0.795. The van der Waals surface area contributed by atoms with E-state index in [0.717, 1.165) is 52.5 Å². The van der Waals surface area contributed by atoms with Crippen molar-refractivity contribution in [2.24, 2.45) is 0 Å². The van der Waals surface area contributed by atoms with E-state index in [-0.39, 0.29) is 5.91 Å². The van der Waals surface area contributed by atoms with Gasteiger partial charge in [-0.1, -0.05) is 30.4 Å². The molecule has 4 rings (SSSR count). The van der Waals surface area contributed by atoms with Gasteiger partial charge in [-0.15, -0.1) is 0 Å². The van der Waals surface area contributed by atoms with Gasteiger partial charge in [-0.2, -0.15) is 9.78 Å². The van der Waals surface area contributed by atoms with E-state index < -0.39 is 0 Å². The van der Waals surface area contributed by atoms with Crippen LogP contribution in [0.1, 0.15) is 37.4 Å². The van der Waals surface area contributed by atoms with Crippen LogP contribution in [0.3, 0.4) is 0 Å². The maximum Gasteiger partial charge on any atom is 0.225 e. The van der Waals surface area contributed by atoms with Crippen LogP contribution >= 0.6 is 11.3 Å². The Balaban J connectivity index is 1.79. The summed E-state index contributed by atoms with van der Waals surface area (Å²) in [6.45, 7) is 2.01. The van der Waals surface area contributed by atoms with Crippen molar-refractivity contribution >= 4 is 33.3 Å². The van der Waals surface area contributed by atoms with Crippen LogP contribution in [0.5, 0.6) is 0 Å². The van der Waals surface area contributed by atoms with Crippen LogP contribution in [0.4, 0.5) is 5.82 Å². The van der Waals surface area contributed by atoms with Gasteiger partial charge in [-0.05, 0) is 37.8 Å². The number of fused-ring (bicyclic) bond motifs is 2. The van der Waals surface area contributed by atoms with Crippen molar-refractivity contribution in [3.05, 3.63) is 35.5 Å². The number of benzene rings is 1. The Morgan fingerprint density at radius 3 is 3.04 bits per heavy atom. The zero-order chi connectivity index (χ0) is 15.8. The standard InChI is InChI=1S/C17H18N4OS/c1-2-6-15(22)19-16-11-7-5-9-12(11)20-21(16)17-18-13-8-3-4-10-14(13)23-17/h3-4,8,10H,2,5-7,9H2,1H3,(H,19,22). The van der Waals surface area contributed by atoms with Gasteiger partial charge in [-0.3, -0.25) is 4.79 Å². The second kappa shape index (κ2) is 5.77. The number of hydrogen-bond acceptors (Lipinski definition) is 4. The first-order chi connectivity index (χ1) is 11.3. The third kappa shape index (κ3) is 2.53. The summed E-state index contributed by atoms with van der Waals surface area (Å²) in [5.74, 6) is 0.861. The molecule has 5 nitrogen and oxygen atoms in total. The fraction of sp³-hybridized carbons (Fsp3) is 0.353. The highest BCUT2D eigenvalue weighted by atomic mass is 32.1. The SMILES string of the molecule is CCCC(=O)Nc1c2c(nn1-c1nc3ccccc3s1)CCC2. The lowest BCUT2D eigenvalue weighted by Crippen LogP contribution is -2.15. The van der Waals surface area contributed by atoms with Crippen LogP contribution in [-0.4, -0.2) is 20.7 Å². The molecule has 0 aliphatic heterocycles. The van der Waals surface area contributed by atoms with Gasteiger partial charge in [0, 0.05) is 12.0 Å². The Bertz CT molecular complexity index is 847. The number of amides is 1. The first-order valence-electron chi connectivity index (χ1n) is 8.03. The van der Waals surface area contributed by atoms with E-state index in [4.69, 9.17) is 5.10 Å². The average molecular weight is 326 g/mol. The average Bonchev–Trinajstić information content (AvgIpc) is 3.22. The van der Waals surface area contributed by atoms with Gasteiger partial charge < -0.3 is 5.32 Å². The molecule has 23 heavy (non-hydrogen) atoms. The minimum atomic E-state index is 0.0458. The molecule has 0 saturated carbocycles. The topological polar surface area (TPSA) is 59.8 Å². The molecule has 3 aromatic rings. The van der Waals surface area contributed by atoms with Crippen molar-refractivity contribution in [2.75, 3.05) is 5.32 Å². The molecule has 0 unspecified atom stereocenters. The van der Waals surface area contributed by atoms with Gasteiger partial charge in [0.1, 0.15) is 5.82 Å². The molecule has 2 heterocycles. The number of nitrogens with zero attached hydrogens (tertiary/aromatic N) is 3. The number of aromatic nitrogens is 3. The Labute approximate surface area is 138 Å². The maximum atomic E-state index is 12.1. The fourth-order valence-electron chi connectivity index (χ4n) is 3.03. The number of nitrogens with one attached hydrogen (secondary N) is 1. The summed E-state index contributed by atoms with van der Waals surface area (Å²) in [6, 6.07) is 8.06. The van der Waals surface area contributed by atoms with Gasteiger partial charge in [0.25, 0.3) is 0 Å². The summed E-state index contributed by atoms with van der Waals surface area (Å²) >= 11 is 1.60. The van der Waals surface area contributed by atoms with Crippen LogP contribution < -0.4 is 5.32 Å². The first-order valence-corrected chi connectivity index (χ1v) is 8.84. The Hall–Kier alpha value is -2.21. The number of thiazole rings is 1. The third-order valence-corrected chi connectivity index (χ3v) is 5.12. The predicted molar refractivity (Wildman–Crippen MR) is 92.3 cm³/mol. The smallest absolute Gasteiger partial charge is 0.225 e. The minimum absolute atomic E-state index is 0.0458. The minimum Gasteiger partial charge on any atom is -0.310 e. The molecular weight excluding hydrogens is 308 g/mol. The zero-order valence-corrected chi connectivity index (χ0v) is 13.8. The van der Waals surface area contributed by atoms with Crippen molar-refractivity contribution in [3.8, 4) is 5.13 Å². The Kier molecular flexibility index (Phi) is 3.61. The molecule has 0 bridgehead atoms. The second-order valence-electron chi connectivity index (χ2n) is 5.80. The number of rotatable bonds is 4. The molecule has 0 spiro atoms. The zero-order valence-electron chi connectivity index (χ0n) is 13.0. The number of carbonyl (C=O) groups excluding carboxylic acids is 1. The molecule has 0 saturated heterocycles. The van der Waals surface area contributed by atoms with Gasteiger partial charge in [-0.25, -0.2) is 4.98 Å². The lowest BCUT2D eigenvalue weighted by atomic mass is 10.2. The number of anilines is 1. The van der Waals surface area contributed by atoms with Crippen LogP contribution in [0.25, 0.3) is 15.3 Å². The van der Waals surface area contributed by atoms with E-state index >= 15 is 0 Å². The molecular formula is C17H18N4OS. The summed E-state index contributed by atoms with van der Waals surface area (Å²) in [5.41, 5.74) is 3.23. The first kappa shape index (κ1) is 14.4. The number of aryl methyl sites for hydroxylation is 1. The van der Waals surface area contributed by atoms with E-state index in [1.165, 1.54) is 5.56 Å². The lowest BCUT2D eigenvalue weighted by molar-refractivity contribution is -0.116. The normalized spacial score (nSPS) is 13.4. The maximum absolute atomic E-state index is 12.1. The summed E-state index contributed by atoms with van der Waals surface area (Å²) in [4.78, 5) is 16.8. The van der Waals surface area contributed by atoms with Crippen LogP contribution in [0.2, 0.25) is 0 Å². The van der Waals surface area contributed by atoms with Crippen LogP contribution in [-0.2, 0) is 17.6 Å². The fourth-order valence-corrected chi connectivity index (χ4v) is 3.95. The predicted octanol–water partition coefficient (Wildman–Crippen LogP) is 3.71. The number of para-hydroxylation sites is 1. The third-order valence-electron chi connectivity index (χ3n) is 4.11. The summed E-state index contributed by atoms with van der Waals surface area (Å²) < 4.78 is 2.95. The lowest BCUT2D eigenvalue weighted by Gasteiger charge is -2.08. The molecule has 1 N–H and O–H groups in total. The highest BCUT2D eigenvalue weighted by molar-refractivity contribution is 7.20. The highest BCUT2D eigenvalue weighted by Gasteiger charge is 2.25. The summed E-state index contributed by atoms with van der Waals surface area (Å²) in [6.07, 6.45) is 4.42. The largest absolute Gasteiger partial charge is 0.310 e. The molecule has 2 aromatic heterocycles. The molecule has 1 aliphatic carbocycles. The molecule has 1 amide bonds. The van der Waals surface area contributed by atoms with Crippen molar-refractivity contribution in [3.63, 3.8) is 0 Å². The molecule has 6 heteroatoms. The van der Waals surface area contributed by atoms with Crippen molar-refractivity contribution < 1.29 is 4.79 Å². The number of hydrogen-bond donors (Lipinski definition) is 1. The van der Waals surface area contributed by atoms with E-state index in [1.54, 1.807) is 11.3 Å². The van der Waals surface area contributed by atoms with Gasteiger partial charge in [0.15, 0.2) is 0 Å². The molecule has 0 fully saturated rings. The van der Waals surface area contributed by atoms with Gasteiger partial charge in [0.2, 0.25) is 11.0 Å². The molecule has 1 aliphatic rings. The molecule has 1 aromatic carbocycles. The van der Waals surface area contributed by atoms with Crippen molar-refractivity contribution in [1.29, 1.82) is 0 Å². The summed E-state index contributed by atoms with van der Waals surface area (Å²) in [5, 5.41) is 8.59. The van der Waals surface area contributed by atoms with Crippen molar-refractivity contribution in [2.45, 2.75) is 39.0 Å². The number of carbonyl (C=O) groups is 1. The summed E-state index contributed by atoms with van der Waals surface area (Å²) in [7, 11) is 0. The van der Waals surface area contributed by atoms with E-state index in [2.05, 4.69) is 16.4 Å². The van der Waals surface area contributed by atoms with Gasteiger partial charge in [0.05, 0.1) is 15.9 Å². The molecule has 118 valence electrons. The monoisotopic (exact) mass is 326 g/mol. The van der Waals surface area contributed by atoms with Gasteiger partial charge >= 0.3 is 0 Å². The van der Waals surface area contributed by atoms with E-state index in [1.807, 2.05) is 29.8 Å². The highest BCUT2D eigenvalue weighted by Crippen LogP contribution is 2.33. The molecule has 0 radical (unpaired) electrons. The Morgan fingerprint density at radius 2 is 2.22 bits per heavy atom. The van der Waals surface area contributed by atoms with Crippen molar-refractivity contribution in [1.82, 2.24) is 14.8 Å². The Morgan fingerprint density at radius 1 is 1.35 bits per heavy atom. The second-order valence-corrected chi connectivity index (χ2v) is 6.81. The van der Waals surface area contributed by atoms with E-state index in [0.29, 0.717) is 6.42 Å². The molecule has 0 atom stereocenters. The van der Waals surface area contributed by atoms with E-state index in [9.17, 15) is 4.79 Å². The van der Waals surface area contributed by atoms with Crippen LogP contribution in [0, 0.1) is 0 Å². The van der Waals surface area contributed by atoms with Crippen LogP contribution in [0.15, 0.2) is 24.3 Å².